The van der Waals surface area contributed by atoms with Crippen LogP contribution in [0.15, 0.2) is 12.1 Å². The van der Waals surface area contributed by atoms with Gasteiger partial charge in [-0.1, -0.05) is 60.3 Å². The number of hydrogen-bond acceptors (Lipinski definition) is 3. The van der Waals surface area contributed by atoms with E-state index in [9.17, 15) is 9.90 Å². The molecule has 3 aliphatic carbocycles. The Hall–Kier alpha value is -1.51. The topological polar surface area (TPSA) is 46.5 Å². The van der Waals surface area contributed by atoms with Crippen LogP contribution in [0.1, 0.15) is 96.6 Å². The minimum Gasteiger partial charge on any atom is -0.508 e. The number of methoxy groups -OCH3 is 1. The quantitative estimate of drug-likeness (QED) is 0.528. The molecule has 1 aromatic rings. The van der Waals surface area contributed by atoms with Gasteiger partial charge in [-0.2, -0.15) is 0 Å². The van der Waals surface area contributed by atoms with E-state index < -0.39 is 0 Å². The average molecular weight is 387 g/mol. The van der Waals surface area contributed by atoms with E-state index in [-0.39, 0.29) is 22.7 Å². The van der Waals surface area contributed by atoms with Crippen LogP contribution in [0.5, 0.6) is 11.5 Å². The molecule has 3 heteroatoms. The number of phenols is 1. The van der Waals surface area contributed by atoms with Crippen LogP contribution in [0, 0.1) is 17.3 Å². The number of carbonyl (C=O) groups is 1. The lowest BCUT2D eigenvalue weighted by atomic mass is 9.44. The second kappa shape index (κ2) is 7.72. The van der Waals surface area contributed by atoms with Crippen molar-refractivity contribution >= 4 is 5.78 Å². The van der Waals surface area contributed by atoms with Gasteiger partial charge in [-0.25, -0.2) is 0 Å². The Balaban J connectivity index is 1.89. The Labute approximate surface area is 170 Å². The molecule has 3 saturated carbocycles. The number of fused-ring (bicyclic) bond motifs is 2. The summed E-state index contributed by atoms with van der Waals surface area (Å²) < 4.78 is 5.76. The number of ketones is 1. The maximum atomic E-state index is 12.6. The minimum atomic E-state index is -0.0136. The van der Waals surface area contributed by atoms with E-state index in [1.807, 2.05) is 6.07 Å². The first kappa shape index (κ1) is 21.2. The number of phenolic OH excluding ortho intramolecular Hbond substituents is 1. The number of carbonyl (C=O) groups excluding carboxylic acids is 1. The molecule has 3 fully saturated rings. The van der Waals surface area contributed by atoms with E-state index in [4.69, 9.17) is 4.74 Å². The lowest BCUT2D eigenvalue weighted by Crippen LogP contribution is -2.56. The second-order valence-electron chi connectivity index (χ2n) is 10.3. The first-order valence-electron chi connectivity index (χ1n) is 11.1. The van der Waals surface area contributed by atoms with Crippen LogP contribution in [0.4, 0.5) is 0 Å². The summed E-state index contributed by atoms with van der Waals surface area (Å²) in [6.07, 6.45) is 7.53. The zero-order valence-corrected chi connectivity index (χ0v) is 18.6. The van der Waals surface area contributed by atoms with E-state index >= 15 is 0 Å². The standard InChI is InChI=1S/C25H38O3/c1-7-8-9-10-11-24(2,3)16-12-21(27)23(22(13-16)28-6)17-14-20(26)19-15-18(17)25(19,4)5/h12-13,17-19,27H,7-11,14-15H2,1-6H3/t17-,18-,19+/m0/s1. The Morgan fingerprint density at radius 1 is 1.21 bits per heavy atom. The SMILES string of the molecule is CCCCCCC(C)(C)c1cc(O)c([C@H]2CC(=O)[C@H]3C[C@@H]2C3(C)C)c(OC)c1. The highest BCUT2D eigenvalue weighted by molar-refractivity contribution is 5.86. The summed E-state index contributed by atoms with van der Waals surface area (Å²) in [5.41, 5.74) is 1.97. The summed E-state index contributed by atoms with van der Waals surface area (Å²) in [6, 6.07) is 4.04. The second-order valence-corrected chi connectivity index (χ2v) is 10.3. The Morgan fingerprint density at radius 2 is 1.93 bits per heavy atom. The molecule has 3 atom stereocenters. The summed E-state index contributed by atoms with van der Waals surface area (Å²) in [5.74, 6) is 2.08. The molecular formula is C25H38O3. The van der Waals surface area contributed by atoms with E-state index in [0.717, 1.165) is 29.7 Å². The van der Waals surface area contributed by atoms with Crippen LogP contribution >= 0.6 is 0 Å². The van der Waals surface area contributed by atoms with Crippen molar-refractivity contribution in [2.24, 2.45) is 17.3 Å². The van der Waals surface area contributed by atoms with E-state index in [0.29, 0.717) is 23.9 Å². The number of rotatable bonds is 8. The van der Waals surface area contributed by atoms with Crippen molar-refractivity contribution in [2.45, 2.75) is 90.9 Å². The molecule has 0 saturated heterocycles. The monoisotopic (exact) mass is 386 g/mol. The number of ether oxygens (including phenoxy) is 1. The van der Waals surface area contributed by atoms with Crippen LogP contribution in [-0.2, 0) is 10.2 Å². The fourth-order valence-electron chi connectivity index (χ4n) is 5.68. The molecule has 0 heterocycles. The van der Waals surface area contributed by atoms with Gasteiger partial charge in [0.15, 0.2) is 0 Å². The highest BCUT2D eigenvalue weighted by Gasteiger charge is 2.59. The Morgan fingerprint density at radius 3 is 2.50 bits per heavy atom. The third-order valence-electron chi connectivity index (χ3n) is 7.79. The highest BCUT2D eigenvalue weighted by atomic mass is 16.5. The predicted octanol–water partition coefficient (Wildman–Crippen LogP) is 6.37. The molecule has 1 aromatic carbocycles. The van der Waals surface area contributed by atoms with Crippen LogP contribution in [0.3, 0.4) is 0 Å². The molecule has 3 nitrogen and oxygen atoms in total. The van der Waals surface area contributed by atoms with Crippen LogP contribution in [0.2, 0.25) is 0 Å². The van der Waals surface area contributed by atoms with Crippen molar-refractivity contribution in [2.75, 3.05) is 7.11 Å². The number of aromatic hydroxyl groups is 1. The molecule has 156 valence electrons. The zero-order valence-electron chi connectivity index (χ0n) is 18.6. The molecule has 28 heavy (non-hydrogen) atoms. The summed E-state index contributed by atoms with van der Waals surface area (Å²) in [4.78, 5) is 12.6. The van der Waals surface area contributed by atoms with Gasteiger partial charge in [-0.15, -0.1) is 0 Å². The largest absolute Gasteiger partial charge is 0.508 e. The molecule has 0 amide bonds. The predicted molar refractivity (Wildman–Crippen MR) is 114 cm³/mol. The van der Waals surface area contributed by atoms with Gasteiger partial charge in [0.1, 0.15) is 17.3 Å². The van der Waals surface area contributed by atoms with Crippen molar-refractivity contribution in [1.82, 2.24) is 0 Å². The maximum Gasteiger partial charge on any atom is 0.137 e. The van der Waals surface area contributed by atoms with Gasteiger partial charge in [0.25, 0.3) is 0 Å². The van der Waals surface area contributed by atoms with Gasteiger partial charge in [0.2, 0.25) is 0 Å². The third kappa shape index (κ3) is 3.57. The van der Waals surface area contributed by atoms with Crippen LogP contribution in [-0.4, -0.2) is 18.0 Å². The minimum absolute atomic E-state index is 0.0136. The molecule has 0 unspecified atom stereocenters. The highest BCUT2D eigenvalue weighted by Crippen LogP contribution is 2.64. The molecule has 3 aliphatic rings. The molecule has 4 rings (SSSR count). The number of benzene rings is 1. The number of Topliss-reactive ketones (excluding diaryl/α,β-unsaturated/α-hetero) is 1. The zero-order chi connectivity index (χ0) is 20.7. The molecule has 0 aromatic heterocycles. The van der Waals surface area contributed by atoms with Crippen molar-refractivity contribution in [1.29, 1.82) is 0 Å². The van der Waals surface area contributed by atoms with E-state index in [2.05, 4.69) is 40.7 Å². The molecular weight excluding hydrogens is 348 g/mol. The first-order chi connectivity index (χ1) is 13.1. The average Bonchev–Trinajstić information content (AvgIpc) is 2.63. The van der Waals surface area contributed by atoms with Gasteiger partial charge in [-0.05, 0) is 47.3 Å². The van der Waals surface area contributed by atoms with Crippen LogP contribution in [0.25, 0.3) is 0 Å². The van der Waals surface area contributed by atoms with Crippen molar-refractivity contribution in [3.05, 3.63) is 23.3 Å². The van der Waals surface area contributed by atoms with Crippen molar-refractivity contribution in [3.63, 3.8) is 0 Å². The third-order valence-corrected chi connectivity index (χ3v) is 7.79. The van der Waals surface area contributed by atoms with Crippen molar-refractivity contribution in [3.8, 4) is 11.5 Å². The van der Waals surface area contributed by atoms with Gasteiger partial charge >= 0.3 is 0 Å². The number of unbranched alkanes of at least 4 members (excludes halogenated alkanes) is 3. The smallest absolute Gasteiger partial charge is 0.137 e. The summed E-state index contributed by atoms with van der Waals surface area (Å²) in [5, 5.41) is 11.0. The molecule has 1 N–H and O–H groups in total. The Bertz CT molecular complexity index is 732. The van der Waals surface area contributed by atoms with Crippen molar-refractivity contribution < 1.29 is 14.6 Å². The molecule has 0 aliphatic heterocycles. The van der Waals surface area contributed by atoms with Gasteiger partial charge in [0.05, 0.1) is 7.11 Å². The lowest BCUT2D eigenvalue weighted by Gasteiger charge is -2.59. The summed E-state index contributed by atoms with van der Waals surface area (Å²) in [7, 11) is 1.68. The molecule has 2 bridgehead atoms. The Kier molecular flexibility index (Phi) is 5.85. The summed E-state index contributed by atoms with van der Waals surface area (Å²) >= 11 is 0. The lowest BCUT2D eigenvalue weighted by molar-refractivity contribution is -0.151. The first-order valence-corrected chi connectivity index (χ1v) is 11.1. The van der Waals surface area contributed by atoms with E-state index in [1.54, 1.807) is 7.11 Å². The fraction of sp³-hybridized carbons (Fsp3) is 0.720. The van der Waals surface area contributed by atoms with E-state index in [1.165, 1.54) is 25.7 Å². The normalized spacial score (nSPS) is 26.1. The summed E-state index contributed by atoms with van der Waals surface area (Å²) in [6.45, 7) is 11.1. The molecule has 0 radical (unpaired) electrons. The van der Waals surface area contributed by atoms with Gasteiger partial charge in [-0.3, -0.25) is 4.79 Å². The van der Waals surface area contributed by atoms with Gasteiger partial charge in [0, 0.05) is 23.8 Å². The van der Waals surface area contributed by atoms with Crippen LogP contribution < -0.4 is 4.74 Å². The molecule has 0 spiro atoms. The maximum absolute atomic E-state index is 12.6. The number of hydrogen-bond donors (Lipinski definition) is 1. The van der Waals surface area contributed by atoms with Gasteiger partial charge < -0.3 is 9.84 Å². The fourth-order valence-corrected chi connectivity index (χ4v) is 5.68.